The Labute approximate surface area is 176 Å². The molecule has 2 bridgehead atoms. The minimum atomic E-state index is -3.89. The summed E-state index contributed by atoms with van der Waals surface area (Å²) in [5.41, 5.74) is -3.46. The van der Waals surface area contributed by atoms with Gasteiger partial charge < -0.3 is 14.6 Å². The van der Waals surface area contributed by atoms with Crippen molar-refractivity contribution in [2.24, 2.45) is 34.0 Å². The second-order valence-electron chi connectivity index (χ2n) is 10.0. The van der Waals surface area contributed by atoms with E-state index in [1.54, 1.807) is 0 Å². The molecule has 3 saturated carbocycles. The molecule has 7 atom stereocenters. The Balaban J connectivity index is 1.97. The molecule has 0 amide bonds. The Morgan fingerprint density at radius 2 is 1.90 bits per heavy atom. The molecule has 2 spiro atoms. The van der Waals surface area contributed by atoms with Crippen LogP contribution in [-0.4, -0.2) is 56.6 Å². The molecule has 1 heterocycles. The number of carbonyl (C=O) groups excluding carboxylic acids is 3. The number of hydrogen-bond acceptors (Lipinski definition) is 8. The van der Waals surface area contributed by atoms with E-state index in [9.17, 15) is 27.9 Å². The monoisotopic (exact) mass is 440 g/mol. The SMILES string of the molecule is C=C1C(=O)[C@@]23C(=O)OC[C@@]4([C@@H](OS(C)(=O)=O)CCC(C)(C)[C@H]4C=O)[C@@H]2CC[C@@H]1[C@H]3O. The third-order valence-electron chi connectivity index (χ3n) is 8.22. The quantitative estimate of drug-likeness (QED) is 0.227. The molecule has 8 nitrogen and oxygen atoms in total. The van der Waals surface area contributed by atoms with Gasteiger partial charge in [-0.2, -0.15) is 8.42 Å². The number of hydrogen-bond donors (Lipinski definition) is 1. The van der Waals surface area contributed by atoms with Crippen LogP contribution >= 0.6 is 0 Å². The average molecular weight is 441 g/mol. The molecule has 1 saturated heterocycles. The highest BCUT2D eigenvalue weighted by molar-refractivity contribution is 7.86. The Kier molecular flexibility index (Phi) is 4.66. The highest BCUT2D eigenvalue weighted by Crippen LogP contribution is 2.68. The molecule has 1 aliphatic heterocycles. The third kappa shape index (κ3) is 2.51. The van der Waals surface area contributed by atoms with Gasteiger partial charge >= 0.3 is 5.97 Å². The summed E-state index contributed by atoms with van der Waals surface area (Å²) in [6, 6.07) is 0. The van der Waals surface area contributed by atoms with E-state index in [2.05, 4.69) is 6.58 Å². The van der Waals surface area contributed by atoms with Crippen LogP contribution in [0, 0.1) is 34.0 Å². The molecule has 4 aliphatic rings. The minimum absolute atomic E-state index is 0.192. The van der Waals surface area contributed by atoms with Crippen molar-refractivity contribution < 1.29 is 36.8 Å². The number of Topliss-reactive ketones (excluding diaryl/α,β-unsaturated/α-hetero) is 1. The summed E-state index contributed by atoms with van der Waals surface area (Å²) in [6.07, 6.45) is 1.10. The number of carbonyl (C=O) groups is 3. The molecule has 0 aromatic carbocycles. The summed E-state index contributed by atoms with van der Waals surface area (Å²) < 4.78 is 35.2. The first kappa shape index (κ1) is 21.6. The maximum absolute atomic E-state index is 13.3. The van der Waals surface area contributed by atoms with Gasteiger partial charge in [0.25, 0.3) is 10.1 Å². The number of aliphatic hydroxyl groups is 1. The summed E-state index contributed by atoms with van der Waals surface area (Å²) in [5.74, 6) is -3.43. The van der Waals surface area contributed by atoms with E-state index in [0.717, 1.165) is 12.5 Å². The van der Waals surface area contributed by atoms with Crippen LogP contribution in [0.2, 0.25) is 0 Å². The van der Waals surface area contributed by atoms with E-state index < -0.39 is 68.1 Å². The summed E-state index contributed by atoms with van der Waals surface area (Å²) in [5, 5.41) is 11.1. The average Bonchev–Trinajstić information content (AvgIpc) is 2.75. The fourth-order valence-corrected chi connectivity index (χ4v) is 7.64. The van der Waals surface area contributed by atoms with Crippen LogP contribution < -0.4 is 0 Å². The minimum Gasteiger partial charge on any atom is -0.464 e. The van der Waals surface area contributed by atoms with Crippen molar-refractivity contribution in [2.45, 2.75) is 51.7 Å². The summed E-state index contributed by atoms with van der Waals surface area (Å²) in [7, 11) is -3.89. The van der Waals surface area contributed by atoms with Gasteiger partial charge in [0.1, 0.15) is 12.9 Å². The van der Waals surface area contributed by atoms with Crippen molar-refractivity contribution in [1.82, 2.24) is 0 Å². The normalized spacial score (nSPS) is 45.2. The van der Waals surface area contributed by atoms with Crippen LogP contribution in [0.1, 0.15) is 39.5 Å². The van der Waals surface area contributed by atoms with Gasteiger partial charge in [-0.1, -0.05) is 20.4 Å². The molecule has 0 aromatic rings. The first-order chi connectivity index (χ1) is 13.8. The van der Waals surface area contributed by atoms with Gasteiger partial charge in [-0.25, -0.2) is 0 Å². The number of fused-ring (bicyclic) bond motifs is 2. The lowest BCUT2D eigenvalue weighted by Gasteiger charge is -2.62. The predicted molar refractivity (Wildman–Crippen MR) is 104 cm³/mol. The Morgan fingerprint density at radius 1 is 1.23 bits per heavy atom. The molecule has 0 radical (unpaired) electrons. The number of aliphatic hydroxyl groups excluding tert-OH is 1. The molecule has 0 unspecified atom stereocenters. The molecule has 9 heteroatoms. The van der Waals surface area contributed by atoms with Gasteiger partial charge in [-0.15, -0.1) is 0 Å². The van der Waals surface area contributed by atoms with E-state index in [1.807, 2.05) is 13.8 Å². The second-order valence-corrected chi connectivity index (χ2v) is 11.6. The Morgan fingerprint density at radius 3 is 2.50 bits per heavy atom. The van der Waals surface area contributed by atoms with Crippen molar-refractivity contribution in [3.05, 3.63) is 12.2 Å². The Hall–Kier alpha value is -1.58. The largest absolute Gasteiger partial charge is 0.464 e. The number of ketones is 1. The maximum atomic E-state index is 13.3. The van der Waals surface area contributed by atoms with Crippen LogP contribution in [0.4, 0.5) is 0 Å². The fourth-order valence-electron chi connectivity index (χ4n) is 6.94. The van der Waals surface area contributed by atoms with Crippen LogP contribution in [0.15, 0.2) is 12.2 Å². The van der Waals surface area contributed by atoms with Crippen LogP contribution in [0.25, 0.3) is 0 Å². The highest BCUT2D eigenvalue weighted by atomic mass is 32.2. The van der Waals surface area contributed by atoms with Gasteiger partial charge in [0.05, 0.1) is 18.5 Å². The predicted octanol–water partition coefficient (Wildman–Crippen LogP) is 1.02. The molecule has 166 valence electrons. The van der Waals surface area contributed by atoms with Crippen molar-refractivity contribution in [3.8, 4) is 0 Å². The van der Waals surface area contributed by atoms with Crippen LogP contribution in [0.5, 0.6) is 0 Å². The smallest absolute Gasteiger partial charge is 0.323 e. The zero-order valence-electron chi connectivity index (χ0n) is 17.4. The maximum Gasteiger partial charge on any atom is 0.323 e. The van der Waals surface area contributed by atoms with Crippen molar-refractivity contribution in [1.29, 1.82) is 0 Å². The number of cyclic esters (lactones) is 1. The Bertz CT molecular complexity index is 937. The number of rotatable bonds is 3. The first-order valence-electron chi connectivity index (χ1n) is 10.3. The zero-order chi connectivity index (χ0) is 22.3. The molecule has 0 aromatic heterocycles. The molecule has 4 rings (SSSR count). The molecular formula is C21H28O8S. The van der Waals surface area contributed by atoms with Crippen LogP contribution in [0.3, 0.4) is 0 Å². The van der Waals surface area contributed by atoms with E-state index in [0.29, 0.717) is 25.7 Å². The van der Waals surface area contributed by atoms with E-state index in [-0.39, 0.29) is 12.2 Å². The lowest BCUT2D eigenvalue weighted by Crippen LogP contribution is -2.71. The molecule has 1 N–H and O–H groups in total. The summed E-state index contributed by atoms with van der Waals surface area (Å²) in [6.45, 7) is 7.40. The number of aldehydes is 1. The summed E-state index contributed by atoms with van der Waals surface area (Å²) >= 11 is 0. The number of ether oxygens (including phenoxy) is 1. The van der Waals surface area contributed by atoms with Gasteiger partial charge in [0.2, 0.25) is 0 Å². The van der Waals surface area contributed by atoms with Gasteiger partial charge in [-0.3, -0.25) is 13.8 Å². The zero-order valence-corrected chi connectivity index (χ0v) is 18.2. The van der Waals surface area contributed by atoms with E-state index >= 15 is 0 Å². The van der Waals surface area contributed by atoms with Crippen molar-refractivity contribution in [3.63, 3.8) is 0 Å². The van der Waals surface area contributed by atoms with Gasteiger partial charge in [-0.05, 0) is 42.6 Å². The van der Waals surface area contributed by atoms with Gasteiger partial charge in [0, 0.05) is 17.3 Å². The number of esters is 1. The van der Waals surface area contributed by atoms with Crippen molar-refractivity contribution in [2.75, 3.05) is 12.9 Å². The highest BCUT2D eigenvalue weighted by Gasteiger charge is 2.77. The fraction of sp³-hybridized carbons (Fsp3) is 0.762. The lowest BCUT2D eigenvalue weighted by molar-refractivity contribution is -0.242. The topological polar surface area (TPSA) is 124 Å². The van der Waals surface area contributed by atoms with Crippen molar-refractivity contribution >= 4 is 28.2 Å². The summed E-state index contributed by atoms with van der Waals surface area (Å²) in [4.78, 5) is 38.8. The molecule has 3 aliphatic carbocycles. The molecule has 4 fully saturated rings. The van der Waals surface area contributed by atoms with Crippen LogP contribution in [-0.2, 0) is 33.4 Å². The lowest BCUT2D eigenvalue weighted by atomic mass is 9.43. The first-order valence-corrected chi connectivity index (χ1v) is 12.1. The second kappa shape index (κ2) is 6.46. The standard InChI is InChI=1S/C21H28O8S/c1-11-12-5-6-13-20(10-28-18(25)21(13,16(11)23)17(12)24)14(9-22)19(2,3)8-7-15(20)29-30(4,26)27/h9,12-15,17,24H,1,5-8,10H2,2-4H3/t12-,13-,14+,15-,17+,20+,21-/m0/s1. The molecule has 30 heavy (non-hydrogen) atoms. The van der Waals surface area contributed by atoms with E-state index in [1.165, 1.54) is 0 Å². The van der Waals surface area contributed by atoms with E-state index in [4.69, 9.17) is 8.92 Å². The molecular weight excluding hydrogens is 412 g/mol. The third-order valence-corrected chi connectivity index (χ3v) is 8.80. The van der Waals surface area contributed by atoms with Gasteiger partial charge in [0.15, 0.2) is 11.2 Å².